The zero-order valence-corrected chi connectivity index (χ0v) is 24.6. The normalized spacial score (nSPS) is 28.1. The van der Waals surface area contributed by atoms with E-state index in [4.69, 9.17) is 23.2 Å². The van der Waals surface area contributed by atoms with E-state index in [1.807, 2.05) is 36.6 Å². The van der Waals surface area contributed by atoms with Crippen molar-refractivity contribution in [2.75, 3.05) is 4.90 Å². The summed E-state index contributed by atoms with van der Waals surface area (Å²) in [5.41, 5.74) is 4.89. The van der Waals surface area contributed by atoms with Crippen molar-refractivity contribution in [2.24, 2.45) is 17.8 Å². The summed E-state index contributed by atoms with van der Waals surface area (Å²) in [6.45, 7) is 3.80. The van der Waals surface area contributed by atoms with Crippen LogP contribution < -0.4 is 10.2 Å². The SMILES string of the molecule is Cc1cc(/C=C2\C(=O)NC(=O)N(c3ccc(C45CC6CC(CC(C6)C4)C5)cc3)C2=O)c(C)n1-c1cc(Cl)ccc1Cl. The average molecular weight is 589 g/mol. The molecule has 5 fully saturated rings. The number of hydrogen-bond acceptors (Lipinski definition) is 3. The van der Waals surface area contributed by atoms with Crippen LogP contribution in [0.5, 0.6) is 0 Å². The van der Waals surface area contributed by atoms with E-state index < -0.39 is 17.8 Å². The van der Waals surface area contributed by atoms with Gasteiger partial charge in [0.25, 0.3) is 11.8 Å². The van der Waals surface area contributed by atoms with E-state index in [0.717, 1.165) is 34.0 Å². The summed E-state index contributed by atoms with van der Waals surface area (Å²) in [4.78, 5) is 40.5. The fourth-order valence-electron chi connectivity index (χ4n) is 8.44. The third-order valence-electron chi connectivity index (χ3n) is 9.80. The molecule has 3 aromatic rings. The monoisotopic (exact) mass is 587 g/mol. The molecule has 8 heteroatoms. The number of carbonyl (C=O) groups is 3. The first kappa shape index (κ1) is 26.5. The lowest BCUT2D eigenvalue weighted by atomic mass is 9.48. The van der Waals surface area contributed by atoms with Gasteiger partial charge in [-0.2, -0.15) is 0 Å². The molecule has 1 aliphatic heterocycles. The maximum atomic E-state index is 13.7. The number of benzene rings is 2. The molecule has 0 spiro atoms. The van der Waals surface area contributed by atoms with Crippen molar-refractivity contribution in [3.05, 3.63) is 86.7 Å². The third kappa shape index (κ3) is 4.34. The van der Waals surface area contributed by atoms with Crippen molar-refractivity contribution >= 4 is 52.8 Å². The van der Waals surface area contributed by atoms with Crippen LogP contribution in [0.2, 0.25) is 10.0 Å². The maximum absolute atomic E-state index is 13.7. The Balaban J connectivity index is 1.20. The Morgan fingerprint density at radius 2 is 1.51 bits per heavy atom. The van der Waals surface area contributed by atoms with Crippen molar-refractivity contribution < 1.29 is 14.4 Å². The zero-order valence-electron chi connectivity index (χ0n) is 23.0. The number of anilines is 1. The van der Waals surface area contributed by atoms with Gasteiger partial charge in [-0.1, -0.05) is 35.3 Å². The molecule has 1 N–H and O–H groups in total. The van der Waals surface area contributed by atoms with Gasteiger partial charge in [0.2, 0.25) is 0 Å². The van der Waals surface area contributed by atoms with Crippen LogP contribution in [-0.4, -0.2) is 22.4 Å². The van der Waals surface area contributed by atoms with Crippen molar-refractivity contribution in [1.82, 2.24) is 9.88 Å². The second-order valence-electron chi connectivity index (χ2n) is 12.5. The molecular formula is C33H31Cl2N3O3. The maximum Gasteiger partial charge on any atom is 0.335 e. The number of hydrogen-bond donors (Lipinski definition) is 1. The molecule has 1 saturated heterocycles. The van der Waals surface area contributed by atoms with Gasteiger partial charge in [0.05, 0.1) is 16.4 Å². The average Bonchev–Trinajstić information content (AvgIpc) is 3.19. The van der Waals surface area contributed by atoms with E-state index in [1.54, 1.807) is 18.2 Å². The third-order valence-corrected chi connectivity index (χ3v) is 10.4. The predicted octanol–water partition coefficient (Wildman–Crippen LogP) is 7.54. The van der Waals surface area contributed by atoms with Crippen LogP contribution in [0.4, 0.5) is 10.5 Å². The summed E-state index contributed by atoms with van der Waals surface area (Å²) in [6, 6.07) is 14.2. The highest BCUT2D eigenvalue weighted by molar-refractivity contribution is 6.39. The molecule has 2 heterocycles. The molecule has 6 nitrogen and oxygen atoms in total. The van der Waals surface area contributed by atoms with Crippen molar-refractivity contribution in [1.29, 1.82) is 0 Å². The van der Waals surface area contributed by atoms with E-state index in [0.29, 0.717) is 27.0 Å². The van der Waals surface area contributed by atoms with Crippen LogP contribution >= 0.6 is 23.2 Å². The standard InChI is InChI=1S/C33H31Cl2N3O3/c1-18-9-23(19(2)37(18)29-14-25(34)5-8-28(29)35)13-27-30(39)36-32(41)38(31(27)40)26-6-3-24(4-7-26)33-15-20-10-21(16-33)12-22(11-20)17-33/h3-9,13-14,20-22H,10-12,15-17H2,1-2H3,(H,36,39,41)/b27-13+. The van der Waals surface area contributed by atoms with Crippen LogP contribution in [0.15, 0.2) is 54.1 Å². The summed E-state index contributed by atoms with van der Waals surface area (Å²) in [5, 5.41) is 3.42. The van der Waals surface area contributed by atoms with Gasteiger partial charge in [0, 0.05) is 16.4 Å². The quantitative estimate of drug-likeness (QED) is 0.253. The highest BCUT2D eigenvalue weighted by Gasteiger charge is 2.51. The number of rotatable bonds is 4. The molecule has 8 rings (SSSR count). The Hall–Kier alpha value is -3.35. The van der Waals surface area contributed by atoms with Crippen LogP contribution in [0, 0.1) is 31.6 Å². The minimum absolute atomic E-state index is 0.104. The first-order valence-electron chi connectivity index (χ1n) is 14.3. The topological polar surface area (TPSA) is 71.4 Å². The van der Waals surface area contributed by atoms with Crippen molar-refractivity contribution in [3.8, 4) is 5.69 Å². The van der Waals surface area contributed by atoms with E-state index in [-0.39, 0.29) is 11.0 Å². The summed E-state index contributed by atoms with van der Waals surface area (Å²) < 4.78 is 1.93. The molecule has 2 aromatic carbocycles. The number of aromatic nitrogens is 1. The number of carbonyl (C=O) groups excluding carboxylic acids is 3. The van der Waals surface area contributed by atoms with Gasteiger partial charge >= 0.3 is 6.03 Å². The number of barbiturate groups is 1. The molecular weight excluding hydrogens is 557 g/mol. The van der Waals surface area contributed by atoms with Crippen LogP contribution in [0.25, 0.3) is 11.8 Å². The Labute approximate surface area is 249 Å². The summed E-state index contributed by atoms with van der Waals surface area (Å²) in [6.07, 6.45) is 9.37. The lowest BCUT2D eigenvalue weighted by Crippen LogP contribution is -2.54. The highest BCUT2D eigenvalue weighted by Crippen LogP contribution is 2.60. The van der Waals surface area contributed by atoms with Crippen LogP contribution in [0.3, 0.4) is 0 Å². The molecule has 4 aliphatic carbocycles. The minimum atomic E-state index is -0.740. The molecule has 4 saturated carbocycles. The van der Waals surface area contributed by atoms with E-state index >= 15 is 0 Å². The zero-order chi connectivity index (χ0) is 28.6. The van der Waals surface area contributed by atoms with E-state index in [9.17, 15) is 14.4 Å². The van der Waals surface area contributed by atoms with Crippen molar-refractivity contribution in [3.63, 3.8) is 0 Å². The molecule has 5 aliphatic rings. The molecule has 0 unspecified atom stereocenters. The predicted molar refractivity (Wildman–Crippen MR) is 161 cm³/mol. The van der Waals surface area contributed by atoms with E-state index in [1.165, 1.54) is 50.2 Å². The fraction of sp³-hybridized carbons (Fsp3) is 0.364. The molecule has 4 amide bonds. The van der Waals surface area contributed by atoms with Gasteiger partial charge < -0.3 is 4.57 Å². The number of urea groups is 1. The van der Waals surface area contributed by atoms with Crippen LogP contribution in [-0.2, 0) is 15.0 Å². The number of imide groups is 2. The number of amides is 4. The summed E-state index contributed by atoms with van der Waals surface area (Å²) >= 11 is 12.7. The van der Waals surface area contributed by atoms with Crippen LogP contribution in [0.1, 0.15) is 61.0 Å². The van der Waals surface area contributed by atoms with Gasteiger partial charge in [-0.15, -0.1) is 0 Å². The highest BCUT2D eigenvalue weighted by atomic mass is 35.5. The molecule has 0 radical (unpaired) electrons. The summed E-state index contributed by atoms with van der Waals surface area (Å²) in [5.74, 6) is 1.11. The smallest absolute Gasteiger partial charge is 0.316 e. The Morgan fingerprint density at radius 1 is 0.878 bits per heavy atom. The van der Waals surface area contributed by atoms with Gasteiger partial charge in [0.1, 0.15) is 5.57 Å². The van der Waals surface area contributed by atoms with E-state index in [2.05, 4.69) is 17.4 Å². The lowest BCUT2D eigenvalue weighted by Gasteiger charge is -2.57. The molecule has 41 heavy (non-hydrogen) atoms. The van der Waals surface area contributed by atoms with Gasteiger partial charge in [-0.05, 0) is 129 Å². The van der Waals surface area contributed by atoms with Crippen molar-refractivity contribution in [2.45, 2.75) is 57.8 Å². The molecule has 0 atom stereocenters. The minimum Gasteiger partial charge on any atom is -0.316 e. The number of aryl methyl sites for hydroxylation is 1. The Morgan fingerprint density at radius 3 is 2.15 bits per heavy atom. The Bertz CT molecular complexity index is 1620. The number of nitrogens with zero attached hydrogens (tertiary/aromatic N) is 2. The first-order valence-corrected chi connectivity index (χ1v) is 15.0. The fourth-order valence-corrected chi connectivity index (χ4v) is 8.81. The largest absolute Gasteiger partial charge is 0.335 e. The lowest BCUT2D eigenvalue weighted by molar-refractivity contribution is -0.122. The first-order chi connectivity index (χ1) is 19.6. The summed E-state index contributed by atoms with van der Waals surface area (Å²) in [7, 11) is 0. The number of halogens is 2. The number of nitrogens with one attached hydrogen (secondary N) is 1. The molecule has 1 aromatic heterocycles. The van der Waals surface area contributed by atoms with Gasteiger partial charge in [-0.3, -0.25) is 14.9 Å². The second kappa shape index (κ2) is 9.60. The second-order valence-corrected chi connectivity index (χ2v) is 13.3. The molecule has 4 bridgehead atoms. The van der Waals surface area contributed by atoms with Gasteiger partial charge in [0.15, 0.2) is 0 Å². The Kier molecular flexibility index (Phi) is 6.22. The molecule has 210 valence electrons. The van der Waals surface area contributed by atoms with Gasteiger partial charge in [-0.25, -0.2) is 9.69 Å².